The van der Waals surface area contributed by atoms with Gasteiger partial charge in [0, 0.05) is 13.1 Å². The van der Waals surface area contributed by atoms with Crippen LogP contribution in [0, 0.1) is 0 Å². The minimum atomic E-state index is -0.521. The Hall–Kier alpha value is -3.66. The molecule has 0 spiro atoms. The van der Waals surface area contributed by atoms with Gasteiger partial charge in [-0.25, -0.2) is 15.0 Å². The van der Waals surface area contributed by atoms with Gasteiger partial charge in [-0.05, 0) is 29.6 Å². The van der Waals surface area contributed by atoms with Crippen LogP contribution in [0.25, 0.3) is 10.6 Å². The summed E-state index contributed by atoms with van der Waals surface area (Å²) in [6, 6.07) is 11.2. The van der Waals surface area contributed by atoms with Gasteiger partial charge in [-0.2, -0.15) is 5.48 Å². The van der Waals surface area contributed by atoms with Crippen LogP contribution in [0.1, 0.15) is 12.5 Å². The summed E-state index contributed by atoms with van der Waals surface area (Å²) < 4.78 is 10.8. The van der Waals surface area contributed by atoms with Gasteiger partial charge in [0.1, 0.15) is 11.5 Å². The molecule has 3 aromatic rings. The van der Waals surface area contributed by atoms with Crippen LogP contribution in [0.5, 0.6) is 11.5 Å². The first-order valence-electron chi connectivity index (χ1n) is 8.92. The minimum Gasteiger partial charge on any atom is -0.496 e. The van der Waals surface area contributed by atoms with Crippen molar-refractivity contribution in [1.29, 1.82) is 0 Å². The van der Waals surface area contributed by atoms with Crippen LogP contribution in [0.15, 0.2) is 53.0 Å². The fourth-order valence-electron chi connectivity index (χ4n) is 2.55. The summed E-state index contributed by atoms with van der Waals surface area (Å²) in [6.45, 7) is 1.47. The topological polar surface area (TPSA) is 107 Å². The predicted octanol–water partition coefficient (Wildman–Crippen LogP) is 3.26. The first-order chi connectivity index (χ1) is 14.6. The van der Waals surface area contributed by atoms with E-state index in [2.05, 4.69) is 25.8 Å². The normalized spacial score (nSPS) is 11.0. The smallest absolute Gasteiger partial charge is 0.329 e. The maximum absolute atomic E-state index is 11.2. The quantitative estimate of drug-likeness (QED) is 0.351. The summed E-state index contributed by atoms with van der Waals surface area (Å²) in [5.74, 6) is 1.18. The van der Waals surface area contributed by atoms with E-state index >= 15 is 0 Å². The molecule has 3 rings (SSSR count). The lowest BCUT2D eigenvalue weighted by molar-refractivity contribution is -0.145. The number of rotatable bonds is 6. The average Bonchev–Trinajstić information content (AvgIpc) is 3.30. The molecule has 1 aromatic carbocycles. The Balaban J connectivity index is 1.85. The summed E-state index contributed by atoms with van der Waals surface area (Å²) in [5.41, 5.74) is 4.00. The highest BCUT2D eigenvalue weighted by molar-refractivity contribution is 7.13. The number of hydrogen-bond acceptors (Lipinski definition) is 8. The second kappa shape index (κ2) is 10.2. The van der Waals surface area contributed by atoms with Crippen molar-refractivity contribution in [2.45, 2.75) is 13.5 Å². The molecular weight excluding hydrogens is 406 g/mol. The van der Waals surface area contributed by atoms with E-state index < -0.39 is 5.97 Å². The Labute approximate surface area is 177 Å². The number of thiophene rings is 1. The Morgan fingerprint density at radius 3 is 2.53 bits per heavy atom. The average molecular weight is 427 g/mol. The summed E-state index contributed by atoms with van der Waals surface area (Å²) >= 11 is 1.57. The molecule has 0 amide bonds. The number of ether oxygens (including phenoxy) is 2. The van der Waals surface area contributed by atoms with Crippen molar-refractivity contribution in [2.24, 2.45) is 4.99 Å². The van der Waals surface area contributed by atoms with Crippen LogP contribution < -0.4 is 20.3 Å². The molecule has 0 fully saturated rings. The van der Waals surface area contributed by atoms with Gasteiger partial charge in [0.05, 0.1) is 36.9 Å². The number of aliphatic imine (C=N–C) groups is 1. The molecule has 0 bridgehead atoms. The predicted molar refractivity (Wildman–Crippen MR) is 115 cm³/mol. The van der Waals surface area contributed by atoms with Crippen molar-refractivity contribution in [1.82, 2.24) is 15.4 Å². The van der Waals surface area contributed by atoms with Crippen LogP contribution in [-0.2, 0) is 16.2 Å². The van der Waals surface area contributed by atoms with Gasteiger partial charge >= 0.3 is 5.97 Å². The number of carbonyl (C=O) groups excluding carboxylic acids is 1. The number of aromatic nitrogens is 2. The zero-order valence-corrected chi connectivity index (χ0v) is 17.5. The summed E-state index contributed by atoms with van der Waals surface area (Å²) in [4.78, 5) is 30.3. The number of anilines is 1. The molecular formula is C20H21N5O4S. The van der Waals surface area contributed by atoms with Crippen molar-refractivity contribution in [3.05, 3.63) is 53.5 Å². The molecule has 0 aliphatic heterocycles. The first kappa shape index (κ1) is 21.1. The molecule has 0 atom stereocenters. The standard InChI is InChI=1S/C20H21N5O4S/c1-13(26)29-25-20(22-12-14-16(27-2)6-4-7-17(14)28-3)24-19-21-10-9-15(23-19)18-8-5-11-30-18/h4-11H,12H2,1-3H3,(H2,21,22,23,24,25). The number of nitrogens with one attached hydrogen (secondary N) is 2. The van der Waals surface area contributed by atoms with Gasteiger partial charge in [0.25, 0.3) is 0 Å². The molecule has 0 saturated carbocycles. The molecule has 0 aliphatic carbocycles. The van der Waals surface area contributed by atoms with Crippen LogP contribution in [0.3, 0.4) is 0 Å². The van der Waals surface area contributed by atoms with Crippen molar-refractivity contribution in [3.8, 4) is 22.1 Å². The van der Waals surface area contributed by atoms with Crippen LogP contribution in [0.4, 0.5) is 5.95 Å². The molecule has 9 nitrogen and oxygen atoms in total. The zero-order chi connectivity index (χ0) is 21.3. The number of hydrogen-bond donors (Lipinski definition) is 2. The van der Waals surface area contributed by atoms with Gasteiger partial charge in [-0.3, -0.25) is 10.1 Å². The molecule has 156 valence electrons. The Morgan fingerprint density at radius 2 is 1.90 bits per heavy atom. The summed E-state index contributed by atoms with van der Waals surface area (Å²) in [7, 11) is 3.14. The van der Waals surface area contributed by atoms with E-state index in [1.807, 2.05) is 41.8 Å². The van der Waals surface area contributed by atoms with Gasteiger partial charge in [-0.1, -0.05) is 12.1 Å². The number of hydroxylamine groups is 1. The lowest BCUT2D eigenvalue weighted by Gasteiger charge is -2.13. The minimum absolute atomic E-state index is 0.154. The number of carbonyl (C=O) groups is 1. The largest absolute Gasteiger partial charge is 0.496 e. The highest BCUT2D eigenvalue weighted by atomic mass is 32.1. The zero-order valence-electron chi connectivity index (χ0n) is 16.7. The molecule has 2 aromatic heterocycles. The van der Waals surface area contributed by atoms with E-state index in [1.165, 1.54) is 6.92 Å². The molecule has 0 saturated heterocycles. The molecule has 0 radical (unpaired) electrons. The third-order valence-electron chi connectivity index (χ3n) is 3.88. The molecule has 2 heterocycles. The molecule has 10 heteroatoms. The molecule has 30 heavy (non-hydrogen) atoms. The van der Waals surface area contributed by atoms with Crippen molar-refractivity contribution >= 4 is 29.2 Å². The Morgan fingerprint density at radius 1 is 1.13 bits per heavy atom. The van der Waals surface area contributed by atoms with E-state index in [9.17, 15) is 4.79 Å². The maximum Gasteiger partial charge on any atom is 0.329 e. The van der Waals surface area contributed by atoms with Crippen LogP contribution >= 0.6 is 11.3 Å². The molecule has 2 N–H and O–H groups in total. The lowest BCUT2D eigenvalue weighted by Crippen LogP contribution is -2.33. The van der Waals surface area contributed by atoms with Crippen molar-refractivity contribution < 1.29 is 19.1 Å². The monoisotopic (exact) mass is 427 g/mol. The van der Waals surface area contributed by atoms with Gasteiger partial charge in [0.15, 0.2) is 0 Å². The van der Waals surface area contributed by atoms with Gasteiger partial charge < -0.3 is 14.3 Å². The number of methoxy groups -OCH3 is 2. The third kappa shape index (κ3) is 5.45. The molecule has 0 aliphatic rings. The fourth-order valence-corrected chi connectivity index (χ4v) is 3.24. The number of benzene rings is 1. The number of guanidine groups is 1. The molecule has 0 unspecified atom stereocenters. The van der Waals surface area contributed by atoms with Crippen molar-refractivity contribution in [3.63, 3.8) is 0 Å². The second-order valence-electron chi connectivity index (χ2n) is 5.87. The first-order valence-corrected chi connectivity index (χ1v) is 9.80. The van der Waals surface area contributed by atoms with Crippen LogP contribution in [0.2, 0.25) is 0 Å². The SMILES string of the molecule is COc1cccc(OC)c1CN=C(NOC(C)=O)Nc1nccc(-c2cccs2)n1. The van der Waals surface area contributed by atoms with E-state index in [4.69, 9.17) is 14.3 Å². The highest BCUT2D eigenvalue weighted by Crippen LogP contribution is 2.29. The Kier molecular flexibility index (Phi) is 7.17. The lowest BCUT2D eigenvalue weighted by atomic mass is 10.2. The summed E-state index contributed by atoms with van der Waals surface area (Å²) in [6.07, 6.45) is 1.64. The van der Waals surface area contributed by atoms with E-state index in [0.717, 1.165) is 16.1 Å². The highest BCUT2D eigenvalue weighted by Gasteiger charge is 2.12. The van der Waals surface area contributed by atoms with E-state index in [0.29, 0.717) is 17.4 Å². The Bertz CT molecular complexity index is 1000. The maximum atomic E-state index is 11.2. The number of nitrogens with zero attached hydrogens (tertiary/aromatic N) is 3. The van der Waals surface area contributed by atoms with Crippen LogP contribution in [-0.4, -0.2) is 36.1 Å². The van der Waals surface area contributed by atoms with Crippen molar-refractivity contribution in [2.75, 3.05) is 19.5 Å². The third-order valence-corrected chi connectivity index (χ3v) is 4.77. The second-order valence-corrected chi connectivity index (χ2v) is 6.82. The summed E-state index contributed by atoms with van der Waals surface area (Å²) in [5, 5.41) is 4.92. The van der Waals surface area contributed by atoms with E-state index in [-0.39, 0.29) is 12.5 Å². The van der Waals surface area contributed by atoms with E-state index in [1.54, 1.807) is 31.8 Å². The van der Waals surface area contributed by atoms with Gasteiger partial charge in [0.2, 0.25) is 11.9 Å². The fraction of sp³-hybridized carbons (Fsp3) is 0.200. The van der Waals surface area contributed by atoms with Gasteiger partial charge in [-0.15, -0.1) is 11.3 Å².